The summed E-state index contributed by atoms with van der Waals surface area (Å²) in [6.07, 6.45) is 7.05. The third kappa shape index (κ3) is 3.63. The summed E-state index contributed by atoms with van der Waals surface area (Å²) in [6, 6.07) is 19.1. The Morgan fingerprint density at radius 3 is 2.45 bits per heavy atom. The Bertz CT molecular complexity index is 698. The molecule has 0 amide bonds. The lowest BCUT2D eigenvalue weighted by Gasteiger charge is -2.02. The number of aryl methyl sites for hydroxylation is 1. The molecule has 2 aromatic heterocycles. The van der Waals surface area contributed by atoms with Crippen LogP contribution in [-0.2, 0) is 6.42 Å². The van der Waals surface area contributed by atoms with Gasteiger partial charge in [-0.2, -0.15) is 0 Å². The first-order valence-electron chi connectivity index (χ1n) is 7.97. The summed E-state index contributed by atoms with van der Waals surface area (Å²) in [7, 11) is 0. The second-order valence-corrected chi connectivity index (χ2v) is 6.69. The van der Waals surface area contributed by atoms with E-state index in [1.54, 1.807) is 0 Å². The number of rotatable bonds is 6. The van der Waals surface area contributed by atoms with E-state index >= 15 is 0 Å². The van der Waals surface area contributed by atoms with Crippen LogP contribution in [0.4, 0.5) is 0 Å². The zero-order valence-electron chi connectivity index (χ0n) is 13.0. The Kier molecular flexibility index (Phi) is 5.02. The van der Waals surface area contributed by atoms with Crippen molar-refractivity contribution < 1.29 is 0 Å². The smallest absolute Gasteiger partial charge is 0.0802 e. The minimum Gasteiger partial charge on any atom is -0.255 e. The maximum absolute atomic E-state index is 4.65. The predicted octanol–water partition coefficient (Wildman–Crippen LogP) is 6.21. The summed E-state index contributed by atoms with van der Waals surface area (Å²) >= 11 is 1.88. The molecule has 2 heterocycles. The first kappa shape index (κ1) is 15.0. The molecule has 0 unspecified atom stereocenters. The molecule has 1 nitrogen and oxygen atoms in total. The van der Waals surface area contributed by atoms with Crippen molar-refractivity contribution in [3.63, 3.8) is 0 Å². The summed E-state index contributed by atoms with van der Waals surface area (Å²) < 4.78 is 0. The van der Waals surface area contributed by atoms with E-state index in [1.807, 2.05) is 23.6 Å². The fourth-order valence-corrected chi connectivity index (χ4v) is 3.57. The minimum atomic E-state index is 1.08. The zero-order chi connectivity index (χ0) is 15.2. The van der Waals surface area contributed by atoms with E-state index in [2.05, 4.69) is 60.4 Å². The van der Waals surface area contributed by atoms with Gasteiger partial charge < -0.3 is 0 Å². The van der Waals surface area contributed by atoms with Gasteiger partial charge in [-0.3, -0.25) is 4.98 Å². The Balaban J connectivity index is 1.73. The highest BCUT2D eigenvalue weighted by Crippen LogP contribution is 2.29. The highest BCUT2D eigenvalue weighted by Gasteiger charge is 2.05. The van der Waals surface area contributed by atoms with Gasteiger partial charge in [0.25, 0.3) is 0 Å². The third-order valence-corrected chi connectivity index (χ3v) is 4.98. The van der Waals surface area contributed by atoms with E-state index in [0.29, 0.717) is 0 Å². The molecule has 22 heavy (non-hydrogen) atoms. The summed E-state index contributed by atoms with van der Waals surface area (Å²) in [5.41, 5.74) is 3.46. The average molecular weight is 307 g/mol. The molecule has 0 radical (unpaired) electrons. The van der Waals surface area contributed by atoms with Crippen molar-refractivity contribution in [2.75, 3.05) is 0 Å². The van der Waals surface area contributed by atoms with Gasteiger partial charge in [-0.05, 0) is 36.6 Å². The zero-order valence-corrected chi connectivity index (χ0v) is 13.8. The SMILES string of the molecule is CCCCCc1ccc(-c2ccc(-c3ccccc3)cn2)s1. The molecule has 0 aliphatic rings. The van der Waals surface area contributed by atoms with Gasteiger partial charge in [0.1, 0.15) is 0 Å². The number of benzene rings is 1. The van der Waals surface area contributed by atoms with Gasteiger partial charge in [-0.25, -0.2) is 0 Å². The molecular weight excluding hydrogens is 286 g/mol. The largest absolute Gasteiger partial charge is 0.255 e. The van der Waals surface area contributed by atoms with Crippen LogP contribution in [0.25, 0.3) is 21.7 Å². The van der Waals surface area contributed by atoms with Crippen LogP contribution in [-0.4, -0.2) is 4.98 Å². The van der Waals surface area contributed by atoms with E-state index in [-0.39, 0.29) is 0 Å². The van der Waals surface area contributed by atoms with Crippen molar-refractivity contribution in [2.45, 2.75) is 32.6 Å². The maximum Gasteiger partial charge on any atom is 0.0802 e. The summed E-state index contributed by atoms with van der Waals surface area (Å²) in [6.45, 7) is 2.25. The summed E-state index contributed by atoms with van der Waals surface area (Å²) in [5.74, 6) is 0. The van der Waals surface area contributed by atoms with Crippen molar-refractivity contribution in [2.24, 2.45) is 0 Å². The second-order valence-electron chi connectivity index (χ2n) is 5.52. The first-order chi connectivity index (χ1) is 10.9. The van der Waals surface area contributed by atoms with Crippen LogP contribution in [0.2, 0.25) is 0 Å². The Morgan fingerprint density at radius 2 is 1.73 bits per heavy atom. The normalized spacial score (nSPS) is 10.8. The van der Waals surface area contributed by atoms with Crippen LogP contribution >= 0.6 is 11.3 Å². The van der Waals surface area contributed by atoms with Crippen molar-refractivity contribution in [3.8, 4) is 21.7 Å². The maximum atomic E-state index is 4.65. The summed E-state index contributed by atoms with van der Waals surface area (Å²) in [5, 5.41) is 0. The van der Waals surface area contributed by atoms with Crippen LogP contribution in [0.3, 0.4) is 0 Å². The molecule has 0 atom stereocenters. The van der Waals surface area contributed by atoms with E-state index < -0.39 is 0 Å². The minimum absolute atomic E-state index is 1.08. The summed E-state index contributed by atoms with van der Waals surface area (Å²) in [4.78, 5) is 7.38. The number of nitrogens with zero attached hydrogens (tertiary/aromatic N) is 1. The van der Waals surface area contributed by atoms with Crippen molar-refractivity contribution in [1.82, 2.24) is 4.98 Å². The van der Waals surface area contributed by atoms with Gasteiger partial charge in [-0.1, -0.05) is 56.2 Å². The molecule has 0 spiro atoms. The van der Waals surface area contributed by atoms with Crippen LogP contribution in [0, 0.1) is 0 Å². The van der Waals surface area contributed by atoms with E-state index in [4.69, 9.17) is 0 Å². The molecule has 0 bridgehead atoms. The highest BCUT2D eigenvalue weighted by molar-refractivity contribution is 7.15. The van der Waals surface area contributed by atoms with E-state index in [0.717, 1.165) is 5.69 Å². The monoisotopic (exact) mass is 307 g/mol. The van der Waals surface area contributed by atoms with Gasteiger partial charge in [0, 0.05) is 16.6 Å². The van der Waals surface area contributed by atoms with Gasteiger partial charge in [0.15, 0.2) is 0 Å². The molecule has 112 valence electrons. The molecule has 0 fully saturated rings. The molecular formula is C20H21NS. The van der Waals surface area contributed by atoms with Crippen molar-refractivity contribution in [3.05, 3.63) is 65.7 Å². The fraction of sp³-hybridized carbons (Fsp3) is 0.250. The molecule has 0 saturated heterocycles. The lowest BCUT2D eigenvalue weighted by Crippen LogP contribution is -1.82. The number of aromatic nitrogens is 1. The van der Waals surface area contributed by atoms with Crippen LogP contribution < -0.4 is 0 Å². The lowest BCUT2D eigenvalue weighted by molar-refractivity contribution is 0.722. The Labute approximate surface area is 136 Å². The molecule has 0 saturated carbocycles. The van der Waals surface area contributed by atoms with Crippen LogP contribution in [0.5, 0.6) is 0 Å². The molecule has 0 N–H and O–H groups in total. The third-order valence-electron chi connectivity index (χ3n) is 3.81. The quantitative estimate of drug-likeness (QED) is 0.493. The van der Waals surface area contributed by atoms with E-state index in [9.17, 15) is 0 Å². The standard InChI is InChI=1S/C20H21NS/c1-2-3-5-10-18-12-14-20(22-18)19-13-11-17(15-21-19)16-8-6-4-7-9-16/h4,6-9,11-15H,2-3,5,10H2,1H3. The molecule has 2 heteroatoms. The molecule has 3 rings (SSSR count). The van der Waals surface area contributed by atoms with Crippen molar-refractivity contribution in [1.29, 1.82) is 0 Å². The lowest BCUT2D eigenvalue weighted by atomic mass is 10.1. The number of pyridine rings is 1. The number of thiophene rings is 1. The number of unbranched alkanes of at least 4 members (excludes halogenated alkanes) is 2. The van der Waals surface area contributed by atoms with Crippen LogP contribution in [0.15, 0.2) is 60.8 Å². The number of hydrogen-bond acceptors (Lipinski definition) is 2. The second kappa shape index (κ2) is 7.37. The molecule has 0 aliphatic heterocycles. The predicted molar refractivity (Wildman–Crippen MR) is 96.2 cm³/mol. The average Bonchev–Trinajstić information content (AvgIpc) is 3.05. The topological polar surface area (TPSA) is 12.9 Å². The van der Waals surface area contributed by atoms with Crippen LogP contribution in [0.1, 0.15) is 31.1 Å². The van der Waals surface area contributed by atoms with Gasteiger partial charge in [0.2, 0.25) is 0 Å². The van der Waals surface area contributed by atoms with Crippen molar-refractivity contribution >= 4 is 11.3 Å². The van der Waals surface area contributed by atoms with Gasteiger partial charge in [0.05, 0.1) is 10.6 Å². The molecule has 1 aromatic carbocycles. The molecule has 3 aromatic rings. The van der Waals surface area contributed by atoms with Gasteiger partial charge in [-0.15, -0.1) is 11.3 Å². The molecule has 0 aliphatic carbocycles. The van der Waals surface area contributed by atoms with E-state index in [1.165, 1.54) is 46.6 Å². The van der Waals surface area contributed by atoms with Gasteiger partial charge >= 0.3 is 0 Å². The Morgan fingerprint density at radius 1 is 0.864 bits per heavy atom. The first-order valence-corrected chi connectivity index (χ1v) is 8.79. The number of hydrogen-bond donors (Lipinski definition) is 0. The Hall–Kier alpha value is -1.93. The highest BCUT2D eigenvalue weighted by atomic mass is 32.1. The fourth-order valence-electron chi connectivity index (χ4n) is 2.54.